The van der Waals surface area contributed by atoms with Gasteiger partial charge in [-0.2, -0.15) is 0 Å². The van der Waals surface area contributed by atoms with Crippen molar-refractivity contribution in [1.82, 2.24) is 0 Å². The maximum Gasteiger partial charge on any atom is 0.143 e. The van der Waals surface area contributed by atoms with Crippen LogP contribution < -0.4 is 4.90 Å². The van der Waals surface area contributed by atoms with Crippen molar-refractivity contribution >= 4 is 92.9 Å². The van der Waals surface area contributed by atoms with Crippen molar-refractivity contribution in [2.24, 2.45) is 0 Å². The molecule has 0 atom stereocenters. The van der Waals surface area contributed by atoms with Crippen molar-refractivity contribution in [3.8, 4) is 22.3 Å². The van der Waals surface area contributed by atoms with E-state index in [0.29, 0.717) is 0 Å². The Morgan fingerprint density at radius 2 is 0.828 bits per heavy atom. The number of benzene rings is 11. The van der Waals surface area contributed by atoms with Crippen LogP contribution >= 0.6 is 0 Å². The molecule has 58 heavy (non-hydrogen) atoms. The van der Waals surface area contributed by atoms with E-state index in [1.807, 2.05) is 0 Å². The number of para-hydroxylation sites is 2. The zero-order chi connectivity index (χ0) is 38.2. The van der Waals surface area contributed by atoms with Crippen LogP contribution in [0.15, 0.2) is 217 Å². The Kier molecular flexibility index (Phi) is 7.26. The van der Waals surface area contributed by atoms with Gasteiger partial charge in [-0.05, 0) is 102 Å². The minimum atomic E-state index is 0.891. The summed E-state index contributed by atoms with van der Waals surface area (Å²) in [6.07, 6.45) is 0. The second-order valence-electron chi connectivity index (χ2n) is 15.2. The van der Waals surface area contributed by atoms with Crippen LogP contribution in [-0.4, -0.2) is 0 Å². The summed E-state index contributed by atoms with van der Waals surface area (Å²) in [6.45, 7) is 0. The molecule has 0 aliphatic heterocycles. The van der Waals surface area contributed by atoms with Crippen LogP contribution in [0.25, 0.3) is 98.1 Å². The summed E-state index contributed by atoms with van der Waals surface area (Å²) in [4.78, 5) is 2.45. The van der Waals surface area contributed by atoms with Crippen molar-refractivity contribution in [1.29, 1.82) is 0 Å². The predicted molar refractivity (Wildman–Crippen MR) is 247 cm³/mol. The third kappa shape index (κ3) is 5.05. The molecule has 0 saturated heterocycles. The minimum absolute atomic E-state index is 0.891. The maximum atomic E-state index is 6.83. The number of rotatable bonds is 5. The molecule has 2 heteroatoms. The standard InChI is InChI=1S/C56H35NO/c1-2-15-38-35-55-52(32-37(38)14-1)50-26-13-25-49(56(50)58-55)48-24-11-12-27-53(48)57(54-34-40-17-4-6-19-43(40)45-21-9-10-23-47(45)54)41-30-28-36(29-31-41)51-33-39-16-3-5-18-42(39)44-20-7-8-22-46(44)51/h1-35H. The molecule has 1 heterocycles. The van der Waals surface area contributed by atoms with Gasteiger partial charge in [-0.25, -0.2) is 0 Å². The average molecular weight is 738 g/mol. The lowest BCUT2D eigenvalue weighted by Gasteiger charge is -2.30. The van der Waals surface area contributed by atoms with Crippen molar-refractivity contribution < 1.29 is 4.42 Å². The number of hydrogen-bond acceptors (Lipinski definition) is 2. The monoisotopic (exact) mass is 737 g/mol. The zero-order valence-electron chi connectivity index (χ0n) is 31.6. The average Bonchev–Trinajstić information content (AvgIpc) is 3.66. The Balaban J connectivity index is 1.10. The first-order valence-corrected chi connectivity index (χ1v) is 19.9. The van der Waals surface area contributed by atoms with Gasteiger partial charge in [-0.15, -0.1) is 0 Å². The van der Waals surface area contributed by atoms with Gasteiger partial charge < -0.3 is 9.32 Å². The molecule has 270 valence electrons. The predicted octanol–water partition coefficient (Wildman–Crippen LogP) is 16.2. The summed E-state index contributed by atoms with van der Waals surface area (Å²) in [7, 11) is 0. The highest BCUT2D eigenvalue weighted by atomic mass is 16.3. The minimum Gasteiger partial charge on any atom is -0.455 e. The van der Waals surface area contributed by atoms with Gasteiger partial charge in [-0.1, -0.05) is 170 Å². The van der Waals surface area contributed by atoms with E-state index in [2.05, 4.69) is 217 Å². The largest absolute Gasteiger partial charge is 0.455 e. The van der Waals surface area contributed by atoms with Gasteiger partial charge in [-0.3, -0.25) is 0 Å². The van der Waals surface area contributed by atoms with Crippen molar-refractivity contribution in [3.63, 3.8) is 0 Å². The molecule has 12 aromatic rings. The van der Waals surface area contributed by atoms with E-state index in [1.165, 1.54) is 65.0 Å². The van der Waals surface area contributed by atoms with E-state index in [9.17, 15) is 0 Å². The summed E-state index contributed by atoms with van der Waals surface area (Å²) in [5.74, 6) is 0. The molecular formula is C56H35NO. The van der Waals surface area contributed by atoms with E-state index in [0.717, 1.165) is 50.1 Å². The number of anilines is 3. The summed E-state index contributed by atoms with van der Waals surface area (Å²) in [5.41, 5.74) is 9.62. The van der Waals surface area contributed by atoms with E-state index >= 15 is 0 Å². The lowest BCUT2D eigenvalue weighted by Crippen LogP contribution is -2.12. The second-order valence-corrected chi connectivity index (χ2v) is 15.2. The van der Waals surface area contributed by atoms with Gasteiger partial charge in [0.25, 0.3) is 0 Å². The van der Waals surface area contributed by atoms with Gasteiger partial charge in [0.2, 0.25) is 0 Å². The van der Waals surface area contributed by atoms with Crippen LogP contribution in [0.2, 0.25) is 0 Å². The molecule has 0 radical (unpaired) electrons. The number of hydrogen-bond donors (Lipinski definition) is 0. The first kappa shape index (κ1) is 32.6. The lowest BCUT2D eigenvalue weighted by molar-refractivity contribution is 0.670. The van der Waals surface area contributed by atoms with Gasteiger partial charge in [0.05, 0.1) is 11.4 Å². The van der Waals surface area contributed by atoms with Crippen LogP contribution in [0.3, 0.4) is 0 Å². The molecule has 0 unspecified atom stereocenters. The van der Waals surface area contributed by atoms with Crippen LogP contribution in [0.4, 0.5) is 17.1 Å². The molecule has 0 saturated carbocycles. The van der Waals surface area contributed by atoms with Crippen LogP contribution in [0.1, 0.15) is 0 Å². The van der Waals surface area contributed by atoms with Crippen molar-refractivity contribution in [3.05, 3.63) is 212 Å². The highest BCUT2D eigenvalue weighted by Gasteiger charge is 2.23. The molecule has 1 aromatic heterocycles. The van der Waals surface area contributed by atoms with E-state index in [1.54, 1.807) is 0 Å². The summed E-state index contributed by atoms with van der Waals surface area (Å²) < 4.78 is 6.83. The molecular weight excluding hydrogens is 703 g/mol. The Bertz CT molecular complexity index is 3580. The molecule has 0 aliphatic carbocycles. The molecule has 11 aromatic carbocycles. The SMILES string of the molecule is c1ccc(N(c2ccc(-c3cc4ccccc4c4ccccc34)cc2)c2cc3ccccc3c3ccccc23)c(-c2cccc3c2oc2cc4ccccc4cc23)c1. The molecule has 0 fully saturated rings. The molecule has 0 amide bonds. The third-order valence-electron chi connectivity index (χ3n) is 12.0. The first-order chi connectivity index (χ1) is 28.8. The van der Waals surface area contributed by atoms with Crippen LogP contribution in [0, 0.1) is 0 Å². The second kappa shape index (κ2) is 12.9. The maximum absolute atomic E-state index is 6.83. The fourth-order valence-corrected chi connectivity index (χ4v) is 9.30. The Labute approximate surface area is 335 Å². The first-order valence-electron chi connectivity index (χ1n) is 19.9. The fourth-order valence-electron chi connectivity index (χ4n) is 9.30. The third-order valence-corrected chi connectivity index (χ3v) is 12.0. The topological polar surface area (TPSA) is 16.4 Å². The highest BCUT2D eigenvalue weighted by molar-refractivity contribution is 6.17. The van der Waals surface area contributed by atoms with E-state index in [4.69, 9.17) is 4.42 Å². The van der Waals surface area contributed by atoms with Crippen molar-refractivity contribution in [2.45, 2.75) is 0 Å². The van der Waals surface area contributed by atoms with E-state index in [-0.39, 0.29) is 0 Å². The number of fused-ring (bicyclic) bond motifs is 10. The molecule has 0 bridgehead atoms. The summed E-state index contributed by atoms with van der Waals surface area (Å²) in [6, 6.07) is 77.1. The zero-order valence-corrected chi connectivity index (χ0v) is 31.6. The van der Waals surface area contributed by atoms with Crippen molar-refractivity contribution in [2.75, 3.05) is 4.90 Å². The normalized spacial score (nSPS) is 11.8. The highest BCUT2D eigenvalue weighted by Crippen LogP contribution is 2.48. The van der Waals surface area contributed by atoms with Crippen LogP contribution in [-0.2, 0) is 0 Å². The van der Waals surface area contributed by atoms with Gasteiger partial charge in [0.15, 0.2) is 0 Å². The molecule has 0 aliphatic rings. The number of nitrogens with zero attached hydrogens (tertiary/aromatic N) is 1. The lowest BCUT2D eigenvalue weighted by atomic mass is 9.93. The molecule has 0 N–H and O–H groups in total. The molecule has 2 nitrogen and oxygen atoms in total. The number of furan rings is 1. The quantitative estimate of drug-likeness (QED) is 0.164. The summed E-state index contributed by atoms with van der Waals surface area (Å²) >= 11 is 0. The summed E-state index contributed by atoms with van der Waals surface area (Å²) in [5, 5.41) is 14.5. The van der Waals surface area contributed by atoms with E-state index < -0.39 is 0 Å². The molecule has 12 rings (SSSR count). The van der Waals surface area contributed by atoms with Gasteiger partial charge in [0, 0.05) is 33.0 Å². The Morgan fingerprint density at radius 3 is 1.57 bits per heavy atom. The van der Waals surface area contributed by atoms with Crippen LogP contribution in [0.5, 0.6) is 0 Å². The van der Waals surface area contributed by atoms with Gasteiger partial charge >= 0.3 is 0 Å². The Morgan fingerprint density at radius 1 is 0.293 bits per heavy atom. The Hall–Kier alpha value is -7.68. The van der Waals surface area contributed by atoms with Gasteiger partial charge in [0.1, 0.15) is 11.2 Å². The smallest absolute Gasteiger partial charge is 0.143 e. The molecule has 0 spiro atoms. The fraction of sp³-hybridized carbons (Fsp3) is 0.